The molecule has 2 rings (SSSR count). The molecule has 19 heavy (non-hydrogen) atoms. The summed E-state index contributed by atoms with van der Waals surface area (Å²) in [6.07, 6.45) is 0.929. The Hall–Kier alpha value is -1.67. The molecule has 0 fully saturated rings. The van der Waals surface area contributed by atoms with Crippen LogP contribution < -0.4 is 5.73 Å². The Balaban J connectivity index is 2.47. The van der Waals surface area contributed by atoms with Crippen molar-refractivity contribution in [3.8, 4) is 11.3 Å². The van der Waals surface area contributed by atoms with Gasteiger partial charge in [-0.25, -0.2) is 0 Å². The van der Waals surface area contributed by atoms with Gasteiger partial charge in [-0.3, -0.25) is 4.98 Å². The van der Waals surface area contributed by atoms with Crippen molar-refractivity contribution in [1.82, 2.24) is 4.98 Å². The van der Waals surface area contributed by atoms with E-state index in [0.29, 0.717) is 6.54 Å². The van der Waals surface area contributed by atoms with Gasteiger partial charge in [-0.1, -0.05) is 24.3 Å². The van der Waals surface area contributed by atoms with Crippen molar-refractivity contribution >= 4 is 0 Å². The highest BCUT2D eigenvalue weighted by Gasteiger charge is 2.10. The molecule has 0 aliphatic heterocycles. The lowest BCUT2D eigenvalue weighted by Crippen LogP contribution is -2.02. The Labute approximate surface area is 115 Å². The molecule has 1 aromatic heterocycles. The molecule has 0 bridgehead atoms. The molecule has 1 aromatic carbocycles. The Kier molecular flexibility index (Phi) is 4.01. The second kappa shape index (κ2) is 5.54. The molecule has 2 aromatic rings. The van der Waals surface area contributed by atoms with Crippen molar-refractivity contribution in [2.45, 2.75) is 34.1 Å². The van der Waals surface area contributed by atoms with Crippen LogP contribution >= 0.6 is 0 Å². The zero-order valence-electron chi connectivity index (χ0n) is 12.2. The lowest BCUT2D eigenvalue weighted by atomic mass is 9.97. The summed E-state index contributed by atoms with van der Waals surface area (Å²) < 4.78 is 0. The minimum atomic E-state index is 0.694. The monoisotopic (exact) mass is 254 g/mol. The number of aromatic nitrogens is 1. The second-order valence-electron chi connectivity index (χ2n) is 5.16. The quantitative estimate of drug-likeness (QED) is 0.910. The van der Waals surface area contributed by atoms with Crippen molar-refractivity contribution in [1.29, 1.82) is 0 Å². The lowest BCUT2D eigenvalue weighted by molar-refractivity contribution is 0.969. The number of benzene rings is 1. The van der Waals surface area contributed by atoms with E-state index in [1.54, 1.807) is 0 Å². The van der Waals surface area contributed by atoms with Crippen molar-refractivity contribution in [2.24, 2.45) is 5.73 Å². The number of nitrogens with two attached hydrogens (primary N) is 1. The van der Waals surface area contributed by atoms with Crippen LogP contribution in [0, 0.1) is 27.7 Å². The Morgan fingerprint density at radius 1 is 0.895 bits per heavy atom. The van der Waals surface area contributed by atoms with Gasteiger partial charge in [-0.2, -0.15) is 0 Å². The molecule has 2 nitrogen and oxygen atoms in total. The van der Waals surface area contributed by atoms with Gasteiger partial charge in [0.1, 0.15) is 0 Å². The summed E-state index contributed by atoms with van der Waals surface area (Å²) >= 11 is 0. The Bertz CT molecular complexity index is 583. The molecule has 0 amide bonds. The van der Waals surface area contributed by atoms with Gasteiger partial charge in [0.05, 0.1) is 5.69 Å². The average Bonchev–Trinajstić information content (AvgIpc) is 2.42. The molecule has 0 aliphatic rings. The zero-order valence-corrected chi connectivity index (χ0v) is 12.2. The minimum absolute atomic E-state index is 0.694. The fourth-order valence-corrected chi connectivity index (χ4v) is 2.34. The van der Waals surface area contributed by atoms with Crippen LogP contribution in [-0.4, -0.2) is 11.5 Å². The molecule has 0 saturated carbocycles. The van der Waals surface area contributed by atoms with E-state index in [0.717, 1.165) is 17.8 Å². The van der Waals surface area contributed by atoms with Gasteiger partial charge in [-0.05, 0) is 62.9 Å². The molecule has 100 valence electrons. The van der Waals surface area contributed by atoms with Crippen molar-refractivity contribution in [3.05, 3.63) is 52.2 Å². The third-order valence-corrected chi connectivity index (χ3v) is 3.96. The first-order valence-electron chi connectivity index (χ1n) is 6.78. The fourth-order valence-electron chi connectivity index (χ4n) is 2.34. The summed E-state index contributed by atoms with van der Waals surface area (Å²) in [6.45, 7) is 9.23. The summed E-state index contributed by atoms with van der Waals surface area (Å²) in [5.74, 6) is 0. The molecular weight excluding hydrogens is 232 g/mol. The number of aryl methyl sites for hydroxylation is 1. The van der Waals surface area contributed by atoms with Gasteiger partial charge in [0.25, 0.3) is 0 Å². The van der Waals surface area contributed by atoms with Gasteiger partial charge < -0.3 is 5.73 Å². The van der Waals surface area contributed by atoms with E-state index in [2.05, 4.69) is 52.0 Å². The molecule has 0 atom stereocenters. The third kappa shape index (κ3) is 2.69. The molecule has 0 aliphatic carbocycles. The van der Waals surface area contributed by atoms with Crippen LogP contribution in [0.2, 0.25) is 0 Å². The number of nitrogens with zero attached hydrogens (tertiary/aromatic N) is 1. The first-order chi connectivity index (χ1) is 9.04. The first-order valence-corrected chi connectivity index (χ1v) is 6.78. The van der Waals surface area contributed by atoms with Crippen LogP contribution in [0.4, 0.5) is 0 Å². The van der Waals surface area contributed by atoms with Gasteiger partial charge in [-0.15, -0.1) is 0 Å². The maximum atomic E-state index is 5.58. The van der Waals surface area contributed by atoms with E-state index in [4.69, 9.17) is 10.7 Å². The lowest BCUT2D eigenvalue weighted by Gasteiger charge is -2.13. The summed E-state index contributed by atoms with van der Waals surface area (Å²) in [6, 6.07) is 8.59. The predicted molar refractivity (Wildman–Crippen MR) is 81.4 cm³/mol. The van der Waals surface area contributed by atoms with E-state index < -0.39 is 0 Å². The van der Waals surface area contributed by atoms with Crippen LogP contribution in [0.5, 0.6) is 0 Å². The maximum Gasteiger partial charge on any atom is 0.0737 e. The molecule has 2 N–H and O–H groups in total. The van der Waals surface area contributed by atoms with Crippen LogP contribution in [0.3, 0.4) is 0 Å². The van der Waals surface area contributed by atoms with Gasteiger partial charge in [0, 0.05) is 11.3 Å². The van der Waals surface area contributed by atoms with E-state index in [1.807, 2.05) is 0 Å². The molecule has 0 unspecified atom stereocenters. The highest BCUT2D eigenvalue weighted by molar-refractivity contribution is 5.65. The third-order valence-electron chi connectivity index (χ3n) is 3.96. The summed E-state index contributed by atoms with van der Waals surface area (Å²) in [7, 11) is 0. The van der Waals surface area contributed by atoms with Crippen LogP contribution in [0.15, 0.2) is 24.3 Å². The predicted octanol–water partition coefficient (Wildman–Crippen LogP) is 3.48. The van der Waals surface area contributed by atoms with E-state index in [9.17, 15) is 0 Å². The molecule has 2 heteroatoms. The number of pyridine rings is 1. The zero-order chi connectivity index (χ0) is 14.0. The standard InChI is InChI=1S/C17H22N2/c1-11-12(2)14(4)19-17(13(11)3)16-7-5-15(6-8-16)9-10-18/h5-8H,9-10,18H2,1-4H3. The normalized spacial score (nSPS) is 10.8. The molecule has 0 saturated heterocycles. The van der Waals surface area contributed by atoms with Crippen molar-refractivity contribution in [2.75, 3.05) is 6.54 Å². The Morgan fingerprint density at radius 3 is 2.11 bits per heavy atom. The second-order valence-corrected chi connectivity index (χ2v) is 5.16. The van der Waals surface area contributed by atoms with E-state index in [1.165, 1.54) is 27.8 Å². The Morgan fingerprint density at radius 2 is 1.53 bits per heavy atom. The highest BCUT2D eigenvalue weighted by atomic mass is 14.7. The van der Waals surface area contributed by atoms with Crippen LogP contribution in [0.1, 0.15) is 27.9 Å². The number of hydrogen-bond acceptors (Lipinski definition) is 2. The number of rotatable bonds is 3. The molecular formula is C17H22N2. The molecule has 1 heterocycles. The topological polar surface area (TPSA) is 38.9 Å². The largest absolute Gasteiger partial charge is 0.330 e. The summed E-state index contributed by atoms with van der Waals surface area (Å²) in [4.78, 5) is 4.75. The summed E-state index contributed by atoms with van der Waals surface area (Å²) in [5, 5.41) is 0. The maximum absolute atomic E-state index is 5.58. The first kappa shape index (κ1) is 13.8. The SMILES string of the molecule is Cc1nc(-c2ccc(CCN)cc2)c(C)c(C)c1C. The average molecular weight is 254 g/mol. The highest BCUT2D eigenvalue weighted by Crippen LogP contribution is 2.27. The summed E-state index contributed by atoms with van der Waals surface area (Å²) in [5.41, 5.74) is 14.2. The molecule has 0 spiro atoms. The van der Waals surface area contributed by atoms with E-state index in [-0.39, 0.29) is 0 Å². The van der Waals surface area contributed by atoms with Gasteiger partial charge in [0.15, 0.2) is 0 Å². The van der Waals surface area contributed by atoms with Crippen LogP contribution in [-0.2, 0) is 6.42 Å². The van der Waals surface area contributed by atoms with Gasteiger partial charge >= 0.3 is 0 Å². The fraction of sp³-hybridized carbons (Fsp3) is 0.353. The molecule has 0 radical (unpaired) electrons. The number of hydrogen-bond donors (Lipinski definition) is 1. The van der Waals surface area contributed by atoms with Crippen LogP contribution in [0.25, 0.3) is 11.3 Å². The smallest absolute Gasteiger partial charge is 0.0737 e. The van der Waals surface area contributed by atoms with Crippen molar-refractivity contribution in [3.63, 3.8) is 0 Å². The van der Waals surface area contributed by atoms with Gasteiger partial charge in [0.2, 0.25) is 0 Å². The van der Waals surface area contributed by atoms with Crippen molar-refractivity contribution < 1.29 is 0 Å². The van der Waals surface area contributed by atoms with E-state index >= 15 is 0 Å². The minimum Gasteiger partial charge on any atom is -0.330 e.